The van der Waals surface area contributed by atoms with Crippen LogP contribution in [0.2, 0.25) is 0 Å². The molecule has 0 atom stereocenters. The molecular formula is C19H19N3O. The highest BCUT2D eigenvalue weighted by Crippen LogP contribution is 2.32. The fourth-order valence-electron chi connectivity index (χ4n) is 2.20. The number of allylic oxidation sites excluding steroid dienone is 5. The Bertz CT molecular complexity index is 779. The lowest BCUT2D eigenvalue weighted by molar-refractivity contribution is -0.113. The Labute approximate surface area is 136 Å². The van der Waals surface area contributed by atoms with Gasteiger partial charge in [0.2, 0.25) is 0 Å². The lowest BCUT2D eigenvalue weighted by atomic mass is 9.78. The van der Waals surface area contributed by atoms with Crippen molar-refractivity contribution < 1.29 is 4.79 Å². The molecule has 4 heteroatoms. The van der Waals surface area contributed by atoms with E-state index >= 15 is 0 Å². The summed E-state index contributed by atoms with van der Waals surface area (Å²) in [4.78, 5) is 12.2. The molecule has 116 valence electrons. The Morgan fingerprint density at radius 2 is 1.78 bits per heavy atom. The van der Waals surface area contributed by atoms with Gasteiger partial charge in [0.05, 0.1) is 23.5 Å². The summed E-state index contributed by atoms with van der Waals surface area (Å²) in [5.74, 6) is 0.0821. The van der Waals surface area contributed by atoms with Crippen LogP contribution in [0.4, 0.5) is 5.69 Å². The van der Waals surface area contributed by atoms with Gasteiger partial charge in [0, 0.05) is 5.57 Å². The topological polar surface area (TPSA) is 65.6 Å². The Balaban J connectivity index is 2.24. The molecule has 1 aromatic rings. The molecule has 0 saturated heterocycles. The van der Waals surface area contributed by atoms with Crippen molar-refractivity contribution in [3.8, 4) is 6.07 Å². The molecule has 23 heavy (non-hydrogen) atoms. The molecule has 0 aliphatic heterocycles. The summed E-state index contributed by atoms with van der Waals surface area (Å²) in [6.45, 7) is 7.87. The molecule has 0 saturated carbocycles. The number of azo groups is 1. The van der Waals surface area contributed by atoms with Gasteiger partial charge in [0.1, 0.15) is 0 Å². The molecule has 0 spiro atoms. The lowest BCUT2D eigenvalue weighted by Crippen LogP contribution is -2.21. The minimum atomic E-state index is -0.212. The zero-order valence-electron chi connectivity index (χ0n) is 13.8. The number of ketones is 1. The van der Waals surface area contributed by atoms with Crippen molar-refractivity contribution >= 4 is 11.5 Å². The van der Waals surface area contributed by atoms with E-state index in [0.717, 1.165) is 11.1 Å². The van der Waals surface area contributed by atoms with Crippen LogP contribution in [0.15, 0.2) is 69.6 Å². The van der Waals surface area contributed by atoms with E-state index in [9.17, 15) is 4.79 Å². The van der Waals surface area contributed by atoms with E-state index in [-0.39, 0.29) is 11.2 Å². The van der Waals surface area contributed by atoms with Gasteiger partial charge in [0.25, 0.3) is 0 Å². The monoisotopic (exact) mass is 305 g/mol. The highest BCUT2D eigenvalue weighted by molar-refractivity contribution is 6.10. The van der Waals surface area contributed by atoms with Gasteiger partial charge in [-0.25, -0.2) is 0 Å². The fraction of sp³-hybridized carbons (Fsp3) is 0.263. The third-order valence-corrected chi connectivity index (χ3v) is 3.48. The first kappa shape index (κ1) is 16.6. The van der Waals surface area contributed by atoms with Gasteiger partial charge in [-0.15, -0.1) is 0 Å². The van der Waals surface area contributed by atoms with Crippen LogP contribution in [0.1, 0.15) is 33.3 Å². The average Bonchev–Trinajstić information content (AvgIpc) is 2.50. The normalized spacial score (nSPS) is 17.2. The first-order valence-electron chi connectivity index (χ1n) is 7.37. The molecule has 0 aromatic heterocycles. The molecule has 0 amide bonds. The predicted molar refractivity (Wildman–Crippen MR) is 90.1 cm³/mol. The van der Waals surface area contributed by atoms with Crippen molar-refractivity contribution in [1.29, 1.82) is 5.26 Å². The van der Waals surface area contributed by atoms with Crippen molar-refractivity contribution in [1.82, 2.24) is 0 Å². The number of hydrogen-bond acceptors (Lipinski definition) is 4. The average molecular weight is 305 g/mol. The quantitative estimate of drug-likeness (QED) is 0.719. The van der Waals surface area contributed by atoms with Crippen LogP contribution in [0.25, 0.3) is 0 Å². The number of benzene rings is 1. The summed E-state index contributed by atoms with van der Waals surface area (Å²) < 4.78 is 0. The molecule has 0 fully saturated rings. The molecule has 2 rings (SSSR count). The van der Waals surface area contributed by atoms with Crippen LogP contribution in [0, 0.1) is 16.7 Å². The van der Waals surface area contributed by atoms with E-state index in [1.54, 1.807) is 30.5 Å². The molecule has 1 aromatic carbocycles. The van der Waals surface area contributed by atoms with Crippen molar-refractivity contribution in [2.45, 2.75) is 27.7 Å². The first-order chi connectivity index (χ1) is 10.8. The Hall–Kier alpha value is -2.80. The van der Waals surface area contributed by atoms with Crippen molar-refractivity contribution in [3.63, 3.8) is 0 Å². The SMILES string of the molecule is CC1=C/C(=C/N=Nc2ccc(C#N)cc2)C=C(C(C)(C)C)C1=O. The summed E-state index contributed by atoms with van der Waals surface area (Å²) in [5, 5.41) is 16.9. The van der Waals surface area contributed by atoms with Gasteiger partial charge in [-0.05, 0) is 59.9 Å². The number of nitriles is 1. The van der Waals surface area contributed by atoms with Gasteiger partial charge in [-0.3, -0.25) is 4.79 Å². The first-order valence-corrected chi connectivity index (χ1v) is 7.37. The molecule has 0 radical (unpaired) electrons. The molecule has 0 heterocycles. The molecule has 0 unspecified atom stereocenters. The van der Waals surface area contributed by atoms with Gasteiger partial charge in [-0.2, -0.15) is 15.5 Å². The molecular weight excluding hydrogens is 286 g/mol. The van der Waals surface area contributed by atoms with E-state index in [2.05, 4.69) is 16.3 Å². The minimum Gasteiger partial charge on any atom is -0.289 e. The van der Waals surface area contributed by atoms with Crippen LogP contribution >= 0.6 is 0 Å². The summed E-state index contributed by atoms with van der Waals surface area (Å²) >= 11 is 0. The maximum atomic E-state index is 12.2. The minimum absolute atomic E-state index is 0.0821. The van der Waals surface area contributed by atoms with Gasteiger partial charge >= 0.3 is 0 Å². The van der Waals surface area contributed by atoms with Crippen LogP contribution in [0.3, 0.4) is 0 Å². The maximum Gasteiger partial charge on any atom is 0.185 e. The summed E-state index contributed by atoms with van der Waals surface area (Å²) in [6.07, 6.45) is 5.32. The second-order valence-electron chi connectivity index (χ2n) is 6.47. The number of rotatable bonds is 2. The third kappa shape index (κ3) is 4.10. The number of carbonyl (C=O) groups excluding carboxylic acids is 1. The Morgan fingerprint density at radius 3 is 2.35 bits per heavy atom. The van der Waals surface area contributed by atoms with E-state index in [1.807, 2.05) is 39.8 Å². The molecule has 4 nitrogen and oxygen atoms in total. The molecule has 0 bridgehead atoms. The number of carbonyl (C=O) groups is 1. The van der Waals surface area contributed by atoms with Gasteiger partial charge < -0.3 is 0 Å². The lowest BCUT2D eigenvalue weighted by Gasteiger charge is -2.24. The van der Waals surface area contributed by atoms with Crippen LogP contribution < -0.4 is 0 Å². The van der Waals surface area contributed by atoms with Crippen molar-refractivity contribution in [3.05, 3.63) is 64.9 Å². The second-order valence-corrected chi connectivity index (χ2v) is 6.47. The van der Waals surface area contributed by atoms with E-state index < -0.39 is 0 Å². The maximum absolute atomic E-state index is 12.2. The molecule has 1 aliphatic carbocycles. The van der Waals surface area contributed by atoms with Crippen LogP contribution in [-0.2, 0) is 4.79 Å². The highest BCUT2D eigenvalue weighted by Gasteiger charge is 2.27. The number of hydrogen-bond donors (Lipinski definition) is 0. The number of nitrogens with zero attached hydrogens (tertiary/aromatic N) is 3. The van der Waals surface area contributed by atoms with Crippen LogP contribution in [-0.4, -0.2) is 5.78 Å². The summed E-state index contributed by atoms with van der Waals surface area (Å²) in [6, 6.07) is 8.93. The smallest absolute Gasteiger partial charge is 0.185 e. The summed E-state index contributed by atoms with van der Waals surface area (Å²) in [5.41, 5.74) is 3.38. The number of Topliss-reactive ketones (excluding diaryl/α,β-unsaturated/α-hetero) is 1. The van der Waals surface area contributed by atoms with Crippen molar-refractivity contribution in [2.24, 2.45) is 15.6 Å². The van der Waals surface area contributed by atoms with Gasteiger partial charge in [0.15, 0.2) is 5.78 Å². The highest BCUT2D eigenvalue weighted by atomic mass is 16.1. The van der Waals surface area contributed by atoms with Gasteiger partial charge in [-0.1, -0.05) is 20.8 Å². The van der Waals surface area contributed by atoms with E-state index in [1.165, 1.54) is 0 Å². The predicted octanol–water partition coefficient (Wildman–Crippen LogP) is 5.03. The fourth-order valence-corrected chi connectivity index (χ4v) is 2.20. The third-order valence-electron chi connectivity index (χ3n) is 3.48. The molecule has 0 N–H and O–H groups in total. The van der Waals surface area contributed by atoms with Crippen molar-refractivity contribution in [2.75, 3.05) is 0 Å². The van der Waals surface area contributed by atoms with Crippen LogP contribution in [0.5, 0.6) is 0 Å². The zero-order valence-corrected chi connectivity index (χ0v) is 13.8. The molecule has 1 aliphatic rings. The van der Waals surface area contributed by atoms with E-state index in [4.69, 9.17) is 5.26 Å². The Morgan fingerprint density at radius 1 is 1.13 bits per heavy atom. The second kappa shape index (κ2) is 6.53. The Kier molecular flexibility index (Phi) is 4.71. The largest absolute Gasteiger partial charge is 0.289 e. The summed E-state index contributed by atoms with van der Waals surface area (Å²) in [7, 11) is 0. The standard InChI is InChI=1S/C19H19N3O/c1-13-9-15(10-17(18(13)23)19(2,3)4)12-21-22-16-7-5-14(11-20)6-8-16/h5-10,12H,1-4H3/b15-12-,22-21?. The van der Waals surface area contributed by atoms with E-state index in [0.29, 0.717) is 16.8 Å². The zero-order chi connectivity index (χ0) is 17.0.